The van der Waals surface area contributed by atoms with Crippen molar-refractivity contribution < 1.29 is 14.3 Å². The van der Waals surface area contributed by atoms with E-state index in [9.17, 15) is 9.59 Å². The van der Waals surface area contributed by atoms with E-state index in [2.05, 4.69) is 17.1 Å². The summed E-state index contributed by atoms with van der Waals surface area (Å²) in [4.78, 5) is 33.4. The van der Waals surface area contributed by atoms with Crippen molar-refractivity contribution in [1.29, 1.82) is 0 Å². The predicted molar refractivity (Wildman–Crippen MR) is 104 cm³/mol. The summed E-state index contributed by atoms with van der Waals surface area (Å²) in [7, 11) is 0. The number of hydrogen-bond donors (Lipinski definition) is 1. The van der Waals surface area contributed by atoms with Gasteiger partial charge in [-0.25, -0.2) is 0 Å². The van der Waals surface area contributed by atoms with Crippen LogP contribution in [0.4, 0.5) is 0 Å². The van der Waals surface area contributed by atoms with Gasteiger partial charge in [-0.3, -0.25) is 19.5 Å². The molecule has 4 heterocycles. The molecule has 2 bridgehead atoms. The van der Waals surface area contributed by atoms with Crippen LogP contribution < -0.4 is 5.32 Å². The number of carbonyl (C=O) groups is 2. The first-order valence-corrected chi connectivity index (χ1v) is 10.3. The highest BCUT2D eigenvalue weighted by molar-refractivity contribution is 6.21. The first-order valence-electron chi connectivity index (χ1n) is 10.3. The molecule has 28 heavy (non-hydrogen) atoms. The lowest BCUT2D eigenvalue weighted by molar-refractivity contribution is 0.0658. The van der Waals surface area contributed by atoms with Crippen molar-refractivity contribution in [2.24, 2.45) is 16.8 Å². The molecule has 2 amide bonds. The Kier molecular flexibility index (Phi) is 4.34. The van der Waals surface area contributed by atoms with Gasteiger partial charge in [-0.2, -0.15) is 0 Å². The fourth-order valence-electron chi connectivity index (χ4n) is 5.26. The van der Waals surface area contributed by atoms with Crippen LogP contribution in [0.2, 0.25) is 0 Å². The summed E-state index contributed by atoms with van der Waals surface area (Å²) >= 11 is 0. The zero-order valence-corrected chi connectivity index (χ0v) is 16.1. The zero-order valence-electron chi connectivity index (χ0n) is 16.1. The van der Waals surface area contributed by atoms with Crippen LogP contribution in [0.1, 0.15) is 40.5 Å². The molecule has 0 spiro atoms. The van der Waals surface area contributed by atoms with Crippen LogP contribution in [0.3, 0.4) is 0 Å². The lowest BCUT2D eigenvalue weighted by Crippen LogP contribution is -2.42. The van der Waals surface area contributed by atoms with E-state index in [1.165, 1.54) is 17.7 Å². The highest BCUT2D eigenvalue weighted by atomic mass is 16.5. The third-order valence-electron chi connectivity index (χ3n) is 6.55. The Morgan fingerprint density at radius 3 is 2.29 bits per heavy atom. The van der Waals surface area contributed by atoms with Gasteiger partial charge in [0.2, 0.25) is 0 Å². The highest BCUT2D eigenvalue weighted by Gasteiger charge is 2.53. The molecule has 1 N–H and O–H groups in total. The van der Waals surface area contributed by atoms with Crippen molar-refractivity contribution in [3.05, 3.63) is 35.4 Å². The first-order chi connectivity index (χ1) is 13.7. The summed E-state index contributed by atoms with van der Waals surface area (Å²) in [5, 5.41) is 3.38. The van der Waals surface area contributed by atoms with E-state index in [0.29, 0.717) is 48.3 Å². The normalized spacial score (nSPS) is 31.0. The summed E-state index contributed by atoms with van der Waals surface area (Å²) in [6, 6.07) is 7.00. The van der Waals surface area contributed by atoms with E-state index in [1.54, 1.807) is 24.3 Å². The Hall–Kier alpha value is -2.41. The largest absolute Gasteiger partial charge is 0.374 e. The van der Waals surface area contributed by atoms with Gasteiger partial charge in [0, 0.05) is 38.0 Å². The topological polar surface area (TPSA) is 74.2 Å². The van der Waals surface area contributed by atoms with Crippen molar-refractivity contribution >= 4 is 17.8 Å². The number of benzene rings is 1. The molecule has 148 valence electrons. The Labute approximate surface area is 164 Å². The number of guanidine groups is 1. The Morgan fingerprint density at radius 2 is 1.71 bits per heavy atom. The second-order valence-electron chi connectivity index (χ2n) is 8.07. The molecule has 4 aliphatic rings. The zero-order chi connectivity index (χ0) is 19.3. The number of carbonyl (C=O) groups excluding carboxylic acids is 2. The first kappa shape index (κ1) is 17.7. The number of rotatable bonds is 4. The number of ether oxygens (including phenoxy) is 1. The van der Waals surface area contributed by atoms with Crippen LogP contribution in [-0.4, -0.2) is 72.5 Å². The molecule has 4 aliphatic heterocycles. The van der Waals surface area contributed by atoms with E-state index in [0.717, 1.165) is 25.6 Å². The van der Waals surface area contributed by atoms with Gasteiger partial charge in [-0.1, -0.05) is 12.1 Å². The number of nitrogens with zero attached hydrogens (tertiary/aromatic N) is 3. The maximum atomic E-state index is 12.5. The van der Waals surface area contributed by atoms with Crippen LogP contribution in [0.25, 0.3) is 0 Å². The van der Waals surface area contributed by atoms with Crippen LogP contribution in [-0.2, 0) is 4.74 Å². The van der Waals surface area contributed by atoms with E-state index < -0.39 is 0 Å². The van der Waals surface area contributed by atoms with Gasteiger partial charge in [-0.05, 0) is 31.9 Å². The summed E-state index contributed by atoms with van der Waals surface area (Å²) in [5.74, 6) is 1.67. The van der Waals surface area contributed by atoms with Crippen LogP contribution in [0.15, 0.2) is 29.3 Å². The number of nitrogens with one attached hydrogen (secondary N) is 1. The van der Waals surface area contributed by atoms with Gasteiger partial charge in [-0.15, -0.1) is 0 Å². The molecule has 0 saturated carbocycles. The number of amides is 2. The monoisotopic (exact) mass is 382 g/mol. The Morgan fingerprint density at radius 1 is 1.11 bits per heavy atom. The van der Waals surface area contributed by atoms with E-state index in [4.69, 9.17) is 9.73 Å². The molecular formula is C21H26N4O3. The van der Waals surface area contributed by atoms with Crippen molar-refractivity contribution in [2.45, 2.75) is 32.0 Å². The molecule has 5 rings (SSSR count). The van der Waals surface area contributed by atoms with Gasteiger partial charge < -0.3 is 15.0 Å². The van der Waals surface area contributed by atoms with Gasteiger partial charge in [0.1, 0.15) is 0 Å². The third-order valence-corrected chi connectivity index (χ3v) is 6.55. The maximum absolute atomic E-state index is 12.5. The Bertz CT molecular complexity index is 786. The van der Waals surface area contributed by atoms with Crippen molar-refractivity contribution in [2.75, 3.05) is 32.7 Å². The summed E-state index contributed by atoms with van der Waals surface area (Å²) in [6.45, 7) is 5.51. The number of aliphatic imine (C=N–C) groups is 1. The molecule has 7 nitrogen and oxygen atoms in total. The number of likely N-dealkylation sites (tertiary alicyclic amines) is 1. The smallest absolute Gasteiger partial charge is 0.261 e. The SMILES string of the molecule is CCNC(=NCCN1C(=O)c2ccccc2C1=O)N1CC2C3CCC(O3)C2C1. The summed E-state index contributed by atoms with van der Waals surface area (Å²) in [5.41, 5.74) is 0.984. The van der Waals surface area contributed by atoms with E-state index in [-0.39, 0.29) is 11.8 Å². The molecule has 0 radical (unpaired) electrons. The summed E-state index contributed by atoms with van der Waals surface area (Å²) in [6.07, 6.45) is 3.21. The number of fused-ring (bicyclic) bond motifs is 6. The quantitative estimate of drug-likeness (QED) is 0.484. The fourth-order valence-corrected chi connectivity index (χ4v) is 5.26. The van der Waals surface area contributed by atoms with Gasteiger partial charge in [0.05, 0.1) is 29.9 Å². The van der Waals surface area contributed by atoms with E-state index in [1.807, 2.05) is 0 Å². The van der Waals surface area contributed by atoms with Crippen molar-refractivity contribution in [3.63, 3.8) is 0 Å². The predicted octanol–water partition coefficient (Wildman–Crippen LogP) is 1.36. The minimum absolute atomic E-state index is 0.217. The fraction of sp³-hybridized carbons (Fsp3) is 0.571. The molecule has 0 aromatic heterocycles. The number of hydrogen-bond acceptors (Lipinski definition) is 4. The minimum Gasteiger partial charge on any atom is -0.374 e. The van der Waals surface area contributed by atoms with Gasteiger partial charge in [0.15, 0.2) is 5.96 Å². The highest BCUT2D eigenvalue weighted by Crippen LogP contribution is 2.47. The molecule has 1 aromatic carbocycles. The second kappa shape index (κ2) is 6.88. The lowest BCUT2D eigenvalue weighted by atomic mass is 9.82. The molecule has 0 aliphatic carbocycles. The molecule has 3 fully saturated rings. The molecule has 7 heteroatoms. The molecule has 4 atom stereocenters. The molecule has 3 saturated heterocycles. The van der Waals surface area contributed by atoms with Crippen LogP contribution in [0, 0.1) is 11.8 Å². The van der Waals surface area contributed by atoms with Gasteiger partial charge >= 0.3 is 0 Å². The lowest BCUT2D eigenvalue weighted by Gasteiger charge is -2.23. The van der Waals surface area contributed by atoms with Gasteiger partial charge in [0.25, 0.3) is 11.8 Å². The Balaban J connectivity index is 1.25. The average molecular weight is 382 g/mol. The molecule has 4 unspecified atom stereocenters. The average Bonchev–Trinajstić information content (AvgIpc) is 3.45. The molecule has 1 aromatic rings. The van der Waals surface area contributed by atoms with Crippen LogP contribution in [0.5, 0.6) is 0 Å². The minimum atomic E-state index is -0.217. The third kappa shape index (κ3) is 2.71. The van der Waals surface area contributed by atoms with Crippen molar-refractivity contribution in [1.82, 2.24) is 15.1 Å². The maximum Gasteiger partial charge on any atom is 0.261 e. The summed E-state index contributed by atoms with van der Waals surface area (Å²) < 4.78 is 6.06. The second-order valence-corrected chi connectivity index (χ2v) is 8.07. The molecular weight excluding hydrogens is 356 g/mol. The van der Waals surface area contributed by atoms with Crippen molar-refractivity contribution in [3.8, 4) is 0 Å². The van der Waals surface area contributed by atoms with Crippen LogP contribution >= 0.6 is 0 Å². The standard InChI is InChI=1S/C21H26N4O3/c1-2-22-21(24-11-15-16(12-24)18-8-7-17(15)28-18)23-9-10-25-19(26)13-5-3-4-6-14(13)20(25)27/h3-6,15-18H,2,7-12H2,1H3,(H,22,23). The number of imide groups is 1. The van der Waals surface area contributed by atoms with E-state index >= 15 is 0 Å².